The molecule has 4 rings (SSSR count). The molecule has 7 nitrogen and oxygen atoms in total. The van der Waals surface area contributed by atoms with E-state index in [2.05, 4.69) is 17.4 Å². The van der Waals surface area contributed by atoms with Gasteiger partial charge in [-0.1, -0.05) is 42.1 Å². The maximum atomic E-state index is 13.2. The zero-order chi connectivity index (χ0) is 24.6. The maximum Gasteiger partial charge on any atom is 0.247 e. The Kier molecular flexibility index (Phi) is 8.05. The number of ether oxygens (including phenoxy) is 2. The topological polar surface area (TPSA) is 80.2 Å². The van der Waals surface area contributed by atoms with Crippen LogP contribution in [0.5, 0.6) is 11.5 Å². The summed E-state index contributed by atoms with van der Waals surface area (Å²) >= 11 is 1.28. The molecule has 0 aliphatic carbocycles. The molecule has 35 heavy (non-hydrogen) atoms. The highest BCUT2D eigenvalue weighted by molar-refractivity contribution is 8.15. The molecule has 0 saturated carbocycles. The number of amidine groups is 1. The molecule has 2 amide bonds. The summed E-state index contributed by atoms with van der Waals surface area (Å²) in [5.41, 5.74) is 2.54. The van der Waals surface area contributed by atoms with E-state index in [9.17, 15) is 9.59 Å². The predicted octanol–water partition coefficient (Wildman–Crippen LogP) is 4.78. The number of methoxy groups -OCH3 is 2. The molecule has 180 valence electrons. The lowest BCUT2D eigenvalue weighted by Crippen LogP contribution is -2.31. The Balaban J connectivity index is 1.50. The largest absolute Gasteiger partial charge is 0.497 e. The van der Waals surface area contributed by atoms with E-state index in [1.165, 1.54) is 22.2 Å². The average Bonchev–Trinajstić information content (AvgIpc) is 3.17. The number of carbonyl (C=O) groups is 2. The Morgan fingerprint density at radius 3 is 2.20 bits per heavy atom. The molecule has 1 atom stereocenters. The molecule has 1 heterocycles. The van der Waals surface area contributed by atoms with Gasteiger partial charge >= 0.3 is 0 Å². The second kappa shape index (κ2) is 11.6. The number of carbonyl (C=O) groups excluding carboxylic acids is 2. The summed E-state index contributed by atoms with van der Waals surface area (Å²) in [5, 5.41) is 3.33. The highest BCUT2D eigenvalue weighted by Crippen LogP contribution is 2.32. The van der Waals surface area contributed by atoms with Crippen LogP contribution in [-0.2, 0) is 16.0 Å². The number of aliphatic imine (C=N–C) groups is 1. The van der Waals surface area contributed by atoms with Crippen molar-refractivity contribution in [1.29, 1.82) is 0 Å². The number of benzene rings is 3. The number of hydrogen-bond donors (Lipinski definition) is 1. The number of hydrogen-bond acceptors (Lipinski definition) is 6. The summed E-state index contributed by atoms with van der Waals surface area (Å²) in [7, 11) is 3.19. The molecule has 1 aliphatic heterocycles. The Bertz CT molecular complexity index is 1180. The standard InChI is InChI=1S/C27H27N3O4S/c1-33-22-12-8-20(9-13-22)29-27(28-17-16-19-6-4-3-5-7-19)35-24-18-25(31)30(26(24)32)21-10-14-23(34-2)15-11-21/h3-15,24H,16-18H2,1-2H3,(H,28,29)/t24-/m1/s1. The van der Waals surface area contributed by atoms with Crippen LogP contribution in [0.2, 0.25) is 0 Å². The zero-order valence-electron chi connectivity index (χ0n) is 19.6. The summed E-state index contributed by atoms with van der Waals surface area (Å²) in [6.07, 6.45) is 0.877. The van der Waals surface area contributed by atoms with Crippen LogP contribution in [0.15, 0.2) is 83.9 Å². The van der Waals surface area contributed by atoms with Gasteiger partial charge < -0.3 is 14.8 Å². The summed E-state index contributed by atoms with van der Waals surface area (Å²) in [5.74, 6) is 0.927. The zero-order valence-corrected chi connectivity index (χ0v) is 20.5. The van der Waals surface area contributed by atoms with Crippen LogP contribution in [0.1, 0.15) is 12.0 Å². The number of imide groups is 1. The molecule has 1 aliphatic rings. The van der Waals surface area contributed by atoms with Crippen molar-refractivity contribution in [2.24, 2.45) is 4.99 Å². The van der Waals surface area contributed by atoms with Crippen molar-refractivity contribution in [3.8, 4) is 11.5 Å². The monoisotopic (exact) mass is 489 g/mol. The van der Waals surface area contributed by atoms with Crippen LogP contribution >= 0.6 is 11.8 Å². The second-order valence-corrected chi connectivity index (χ2v) is 9.04. The Hall–Kier alpha value is -3.78. The van der Waals surface area contributed by atoms with E-state index >= 15 is 0 Å². The van der Waals surface area contributed by atoms with Gasteiger partial charge in [-0.3, -0.25) is 14.6 Å². The molecule has 3 aromatic carbocycles. The third kappa shape index (κ3) is 6.22. The predicted molar refractivity (Wildman–Crippen MR) is 141 cm³/mol. The number of anilines is 2. The number of amides is 2. The quantitative estimate of drug-likeness (QED) is 0.279. The lowest BCUT2D eigenvalue weighted by atomic mass is 10.2. The number of rotatable bonds is 8. The molecular formula is C27H27N3O4S. The van der Waals surface area contributed by atoms with Gasteiger partial charge in [0.1, 0.15) is 16.7 Å². The van der Waals surface area contributed by atoms with Crippen LogP contribution < -0.4 is 19.7 Å². The van der Waals surface area contributed by atoms with Crippen LogP contribution in [-0.4, -0.2) is 43.0 Å². The highest BCUT2D eigenvalue weighted by atomic mass is 32.2. The van der Waals surface area contributed by atoms with Crippen molar-refractivity contribution in [3.05, 3.63) is 84.4 Å². The number of nitrogens with zero attached hydrogens (tertiary/aromatic N) is 2. The summed E-state index contributed by atoms with van der Waals surface area (Å²) < 4.78 is 10.4. The van der Waals surface area contributed by atoms with Crippen molar-refractivity contribution in [2.75, 3.05) is 31.0 Å². The van der Waals surface area contributed by atoms with Gasteiger partial charge in [-0.15, -0.1) is 0 Å². The molecule has 1 fully saturated rings. The Morgan fingerprint density at radius 2 is 1.57 bits per heavy atom. The third-order valence-electron chi connectivity index (χ3n) is 5.53. The van der Waals surface area contributed by atoms with Gasteiger partial charge in [0.15, 0.2) is 5.17 Å². The minimum absolute atomic E-state index is 0.109. The van der Waals surface area contributed by atoms with E-state index in [0.29, 0.717) is 23.1 Å². The van der Waals surface area contributed by atoms with Crippen molar-refractivity contribution < 1.29 is 19.1 Å². The van der Waals surface area contributed by atoms with Gasteiger partial charge in [0.05, 0.1) is 19.9 Å². The molecule has 0 unspecified atom stereocenters. The van der Waals surface area contributed by atoms with E-state index < -0.39 is 5.25 Å². The summed E-state index contributed by atoms with van der Waals surface area (Å²) in [6.45, 7) is 0.548. The van der Waals surface area contributed by atoms with Crippen LogP contribution in [0, 0.1) is 0 Å². The van der Waals surface area contributed by atoms with E-state index in [1.807, 2.05) is 42.5 Å². The maximum absolute atomic E-state index is 13.2. The summed E-state index contributed by atoms with van der Waals surface area (Å²) in [6, 6.07) is 24.5. The lowest BCUT2D eigenvalue weighted by Gasteiger charge is -2.16. The van der Waals surface area contributed by atoms with Gasteiger partial charge in [-0.25, -0.2) is 4.90 Å². The average molecular weight is 490 g/mol. The van der Waals surface area contributed by atoms with Crippen molar-refractivity contribution in [3.63, 3.8) is 0 Å². The fourth-order valence-corrected chi connectivity index (χ4v) is 4.71. The molecular weight excluding hydrogens is 462 g/mol. The Morgan fingerprint density at radius 1 is 0.943 bits per heavy atom. The first-order chi connectivity index (χ1) is 17.1. The molecule has 0 radical (unpaired) electrons. The van der Waals surface area contributed by atoms with Gasteiger partial charge in [0.25, 0.3) is 0 Å². The van der Waals surface area contributed by atoms with Gasteiger partial charge in [0.2, 0.25) is 11.8 Å². The SMILES string of the molecule is COc1ccc(NC(=NCCc2ccccc2)S[C@@H]2CC(=O)N(c3ccc(OC)cc3)C2=O)cc1. The molecule has 8 heteroatoms. The van der Waals surface area contributed by atoms with Gasteiger partial charge in [-0.2, -0.15) is 0 Å². The highest BCUT2D eigenvalue weighted by Gasteiger charge is 2.40. The first kappa shape index (κ1) is 24.3. The van der Waals surface area contributed by atoms with Gasteiger partial charge in [-0.05, 0) is 60.5 Å². The summed E-state index contributed by atoms with van der Waals surface area (Å²) in [4.78, 5) is 31.9. The normalized spacial score (nSPS) is 15.9. The third-order valence-corrected chi connectivity index (χ3v) is 6.64. The number of thioether (sulfide) groups is 1. The van der Waals surface area contributed by atoms with E-state index in [1.54, 1.807) is 38.5 Å². The van der Waals surface area contributed by atoms with Crippen LogP contribution in [0.25, 0.3) is 0 Å². The second-order valence-electron chi connectivity index (χ2n) is 7.85. The van der Waals surface area contributed by atoms with E-state index in [4.69, 9.17) is 14.5 Å². The lowest BCUT2D eigenvalue weighted by molar-refractivity contribution is -0.121. The first-order valence-corrected chi connectivity index (χ1v) is 12.1. The van der Waals surface area contributed by atoms with Gasteiger partial charge in [0, 0.05) is 18.7 Å². The van der Waals surface area contributed by atoms with Crippen molar-refractivity contribution >= 4 is 40.1 Å². The first-order valence-electron chi connectivity index (χ1n) is 11.2. The van der Waals surface area contributed by atoms with E-state index in [0.717, 1.165) is 17.9 Å². The molecule has 0 bridgehead atoms. The van der Waals surface area contributed by atoms with Crippen molar-refractivity contribution in [1.82, 2.24) is 0 Å². The molecule has 1 N–H and O–H groups in total. The fourth-order valence-electron chi connectivity index (χ4n) is 3.67. The fraction of sp³-hybridized carbons (Fsp3) is 0.222. The number of nitrogens with one attached hydrogen (secondary N) is 1. The van der Waals surface area contributed by atoms with E-state index in [-0.39, 0.29) is 18.2 Å². The minimum Gasteiger partial charge on any atom is -0.497 e. The molecule has 0 aromatic heterocycles. The molecule has 0 spiro atoms. The van der Waals surface area contributed by atoms with Crippen LogP contribution in [0.3, 0.4) is 0 Å². The minimum atomic E-state index is -0.564. The molecule has 3 aromatic rings. The van der Waals surface area contributed by atoms with Crippen LogP contribution in [0.4, 0.5) is 11.4 Å². The smallest absolute Gasteiger partial charge is 0.247 e. The molecule has 1 saturated heterocycles. The Labute approximate surface area is 209 Å². The van der Waals surface area contributed by atoms with Crippen molar-refractivity contribution in [2.45, 2.75) is 18.1 Å².